The molecule has 1 N–H and O–H groups in total. The highest BCUT2D eigenvalue weighted by atomic mass is 79.9. The number of halogens is 1. The summed E-state index contributed by atoms with van der Waals surface area (Å²) in [6, 6.07) is 34.7. The summed E-state index contributed by atoms with van der Waals surface area (Å²) in [6.07, 6.45) is 1.59. The molecule has 0 aliphatic heterocycles. The van der Waals surface area contributed by atoms with E-state index in [9.17, 15) is 18.0 Å². The number of rotatable bonds is 12. The molecule has 0 atom stereocenters. The topological polar surface area (TPSA) is 106 Å². The Hall–Kier alpha value is -4.93. The predicted molar refractivity (Wildman–Crippen MR) is 188 cm³/mol. The average molecular weight is 712 g/mol. The van der Waals surface area contributed by atoms with Gasteiger partial charge in [0.15, 0.2) is 5.78 Å². The molecule has 47 heavy (non-hydrogen) atoms. The summed E-state index contributed by atoms with van der Waals surface area (Å²) in [4.78, 5) is 26.4. The molecule has 0 aliphatic rings. The van der Waals surface area contributed by atoms with Crippen LogP contribution in [0, 0.1) is 0 Å². The number of sulfonamides is 1. The zero-order valence-electron chi connectivity index (χ0n) is 25.5. The van der Waals surface area contributed by atoms with Crippen molar-refractivity contribution in [2.24, 2.45) is 0 Å². The molecule has 1 aromatic heterocycles. The van der Waals surface area contributed by atoms with Crippen molar-refractivity contribution >= 4 is 65.3 Å². The number of hydrogen-bond donors (Lipinski definition) is 1. The van der Waals surface area contributed by atoms with Crippen molar-refractivity contribution < 1.29 is 27.2 Å². The fourth-order valence-corrected chi connectivity index (χ4v) is 6.87. The molecule has 1 amide bonds. The van der Waals surface area contributed by atoms with Crippen LogP contribution < -0.4 is 14.4 Å². The Labute approximate surface area is 281 Å². The van der Waals surface area contributed by atoms with E-state index < -0.39 is 15.9 Å². The summed E-state index contributed by atoms with van der Waals surface area (Å²) >= 11 is 3.44. The van der Waals surface area contributed by atoms with E-state index in [2.05, 4.69) is 21.2 Å². The molecule has 1 heterocycles. The van der Waals surface area contributed by atoms with Crippen LogP contribution in [0.5, 0.6) is 5.75 Å². The number of fused-ring (bicyclic) bond motifs is 3. The van der Waals surface area contributed by atoms with Gasteiger partial charge in [-0.05, 0) is 63.5 Å². The Bertz CT molecular complexity index is 2200. The predicted octanol–water partition coefficient (Wildman–Crippen LogP) is 7.55. The van der Waals surface area contributed by atoms with Crippen LogP contribution in [-0.4, -0.2) is 39.5 Å². The Balaban J connectivity index is 1.10. The molecule has 0 unspecified atom stereocenters. The van der Waals surface area contributed by atoms with Gasteiger partial charge in [-0.15, -0.1) is 0 Å². The Morgan fingerprint density at radius 3 is 2.36 bits per heavy atom. The van der Waals surface area contributed by atoms with Crippen LogP contribution in [0.15, 0.2) is 124 Å². The Morgan fingerprint density at radius 1 is 0.830 bits per heavy atom. The van der Waals surface area contributed by atoms with Crippen molar-refractivity contribution in [1.29, 1.82) is 0 Å². The van der Waals surface area contributed by atoms with Crippen LogP contribution in [-0.2, 0) is 23.0 Å². The third kappa shape index (κ3) is 7.40. The Morgan fingerprint density at radius 2 is 1.55 bits per heavy atom. The Kier molecular flexibility index (Phi) is 9.42. The van der Waals surface area contributed by atoms with Gasteiger partial charge in [-0.25, -0.2) is 8.42 Å². The van der Waals surface area contributed by atoms with E-state index in [1.807, 2.05) is 84.9 Å². The molecule has 10 heteroatoms. The molecule has 0 saturated carbocycles. The van der Waals surface area contributed by atoms with Gasteiger partial charge in [-0.1, -0.05) is 72.8 Å². The van der Waals surface area contributed by atoms with E-state index in [0.717, 1.165) is 39.3 Å². The lowest BCUT2D eigenvalue weighted by Gasteiger charge is -2.24. The largest absolute Gasteiger partial charge is 0.493 e. The maximum absolute atomic E-state index is 13.2. The summed E-state index contributed by atoms with van der Waals surface area (Å²) in [5.41, 5.74) is 4.18. The first-order valence-corrected chi connectivity index (χ1v) is 17.6. The zero-order valence-corrected chi connectivity index (χ0v) is 27.9. The number of carbonyl (C=O) groups is 2. The van der Waals surface area contributed by atoms with Crippen molar-refractivity contribution in [2.75, 3.05) is 23.7 Å². The van der Waals surface area contributed by atoms with Crippen molar-refractivity contribution in [3.63, 3.8) is 0 Å². The highest BCUT2D eigenvalue weighted by molar-refractivity contribution is 9.10. The molecule has 0 spiro atoms. The maximum atomic E-state index is 13.2. The number of benzene rings is 5. The number of nitrogens with zero attached hydrogens (tertiary/aromatic N) is 1. The van der Waals surface area contributed by atoms with Crippen molar-refractivity contribution in [2.45, 2.75) is 13.0 Å². The normalized spacial score (nSPS) is 11.4. The fraction of sp³-hybridized carbons (Fsp3) is 0.135. The number of furan rings is 1. The van der Waals surface area contributed by atoms with E-state index in [4.69, 9.17) is 9.15 Å². The number of amides is 1. The molecule has 6 aromatic rings. The molecule has 0 radical (unpaired) electrons. The van der Waals surface area contributed by atoms with E-state index in [-0.39, 0.29) is 24.4 Å². The monoisotopic (exact) mass is 710 g/mol. The lowest BCUT2D eigenvalue weighted by molar-refractivity contribution is 0.0903. The van der Waals surface area contributed by atoms with Crippen molar-refractivity contribution in [3.05, 3.63) is 142 Å². The van der Waals surface area contributed by atoms with Crippen LogP contribution in [0.25, 0.3) is 21.9 Å². The van der Waals surface area contributed by atoms with E-state index in [1.165, 1.54) is 10.4 Å². The smallest absolute Gasteiger partial charge is 0.251 e. The minimum absolute atomic E-state index is 0.0989. The number of Topliss-reactive ketones (excluding diaryl/α,β-unsaturated/α-hetero) is 1. The molecule has 0 fully saturated rings. The summed E-state index contributed by atoms with van der Waals surface area (Å²) < 4.78 is 39.3. The van der Waals surface area contributed by atoms with Crippen LogP contribution in [0.3, 0.4) is 0 Å². The van der Waals surface area contributed by atoms with Crippen LogP contribution in [0.2, 0.25) is 0 Å². The van der Waals surface area contributed by atoms with Gasteiger partial charge in [0, 0.05) is 38.9 Å². The highest BCUT2D eigenvalue weighted by Gasteiger charge is 2.22. The number of nitrogens with one attached hydrogen (secondary N) is 1. The van der Waals surface area contributed by atoms with E-state index in [1.54, 1.807) is 24.3 Å². The van der Waals surface area contributed by atoms with Gasteiger partial charge in [0.25, 0.3) is 5.91 Å². The molecule has 0 aliphatic carbocycles. The van der Waals surface area contributed by atoms with Gasteiger partial charge in [0.05, 0.1) is 31.6 Å². The number of para-hydroxylation sites is 1. The number of carbonyl (C=O) groups excluding carboxylic acids is 2. The first-order chi connectivity index (χ1) is 22.7. The standard InChI is InChI=1S/C37H31BrN2O6S/c1-47(43,44)40(24-25-9-3-2-4-10-25)33-21-27(15-18-32(33)38)34(41)23-39-37(42)29-12-6-5-11-26(29)19-20-45-28-16-17-31-30-13-7-8-14-35(30)46-36(31)22-28/h2-18,21-22H,19-20,23-24H2,1H3,(H,39,42). The molecule has 8 nitrogen and oxygen atoms in total. The molecule has 5 aromatic carbocycles. The van der Waals surface area contributed by atoms with E-state index >= 15 is 0 Å². The molecular weight excluding hydrogens is 680 g/mol. The van der Waals surface area contributed by atoms with Crippen molar-refractivity contribution in [1.82, 2.24) is 5.32 Å². The number of anilines is 1. The van der Waals surface area contributed by atoms with Gasteiger partial charge in [0.1, 0.15) is 16.9 Å². The number of hydrogen-bond acceptors (Lipinski definition) is 6. The van der Waals surface area contributed by atoms with Gasteiger partial charge in [-0.2, -0.15) is 0 Å². The summed E-state index contributed by atoms with van der Waals surface area (Å²) in [7, 11) is -3.68. The quantitative estimate of drug-likeness (QED) is 0.132. The molecule has 0 saturated heterocycles. The molecule has 0 bridgehead atoms. The van der Waals surface area contributed by atoms with Crippen LogP contribution in [0.4, 0.5) is 5.69 Å². The van der Waals surface area contributed by atoms with Gasteiger partial charge >= 0.3 is 0 Å². The molecular formula is C37H31BrN2O6S. The third-order valence-electron chi connectivity index (χ3n) is 7.77. The fourth-order valence-electron chi connectivity index (χ4n) is 5.40. The molecule has 238 valence electrons. The minimum Gasteiger partial charge on any atom is -0.493 e. The second-order valence-corrected chi connectivity index (χ2v) is 13.8. The second kappa shape index (κ2) is 13.8. The molecule has 6 rings (SSSR count). The number of ether oxygens (including phenoxy) is 1. The van der Waals surface area contributed by atoms with Crippen LogP contribution in [0.1, 0.15) is 31.8 Å². The SMILES string of the molecule is CS(=O)(=O)N(Cc1ccccc1)c1cc(C(=O)CNC(=O)c2ccccc2CCOc2ccc3c(c2)oc2ccccc23)ccc1Br. The highest BCUT2D eigenvalue weighted by Crippen LogP contribution is 2.32. The second-order valence-electron chi connectivity index (χ2n) is 11.0. The average Bonchev–Trinajstić information content (AvgIpc) is 3.44. The summed E-state index contributed by atoms with van der Waals surface area (Å²) in [5.74, 6) is -0.0879. The van der Waals surface area contributed by atoms with Gasteiger partial charge < -0.3 is 14.5 Å². The maximum Gasteiger partial charge on any atom is 0.251 e. The first kappa shape index (κ1) is 32.0. The van der Waals surface area contributed by atoms with Gasteiger partial charge in [-0.3, -0.25) is 13.9 Å². The van der Waals surface area contributed by atoms with E-state index in [0.29, 0.717) is 34.5 Å². The van der Waals surface area contributed by atoms with Gasteiger partial charge in [0.2, 0.25) is 10.0 Å². The summed E-state index contributed by atoms with van der Waals surface area (Å²) in [6.45, 7) is 0.165. The van der Waals surface area contributed by atoms with Crippen molar-refractivity contribution in [3.8, 4) is 5.75 Å². The summed E-state index contributed by atoms with van der Waals surface area (Å²) in [5, 5.41) is 4.79. The number of ketones is 1. The van der Waals surface area contributed by atoms with Crippen LogP contribution >= 0.6 is 15.9 Å². The lowest BCUT2D eigenvalue weighted by atomic mass is 10.0. The minimum atomic E-state index is -3.68. The zero-order chi connectivity index (χ0) is 33.0. The first-order valence-electron chi connectivity index (χ1n) is 14.9. The third-order valence-corrected chi connectivity index (χ3v) is 9.57. The lowest BCUT2D eigenvalue weighted by Crippen LogP contribution is -2.31.